The van der Waals surface area contributed by atoms with Gasteiger partial charge in [-0.25, -0.2) is 0 Å². The Morgan fingerprint density at radius 3 is 2.62 bits per heavy atom. The van der Waals surface area contributed by atoms with Crippen molar-refractivity contribution in [2.24, 2.45) is 5.92 Å². The van der Waals surface area contributed by atoms with Gasteiger partial charge in [0.05, 0.1) is 6.42 Å². The smallest absolute Gasteiger partial charge is 0.390 e. The number of carbonyl (C=O) groups is 1. The Bertz CT molecular complexity index is 567. The molecule has 0 aromatic heterocycles. The standard InChI is InChI=1S/C17H23F3N2O2/c1-12-14(3-2-4-15(12)23)16(24)21-11-13-5-8-22(9-6-13)10-7-17(18,19)20/h2-4,13,23H,5-11H2,1H3,(H,21,24). The van der Waals surface area contributed by atoms with Gasteiger partial charge in [-0.15, -0.1) is 0 Å². The molecule has 1 amide bonds. The quantitative estimate of drug-likeness (QED) is 0.863. The van der Waals surface area contributed by atoms with Gasteiger partial charge in [0.25, 0.3) is 5.91 Å². The summed E-state index contributed by atoms with van der Waals surface area (Å²) in [7, 11) is 0. The van der Waals surface area contributed by atoms with E-state index in [2.05, 4.69) is 5.32 Å². The molecule has 1 heterocycles. The molecule has 134 valence electrons. The maximum atomic E-state index is 12.2. The maximum absolute atomic E-state index is 12.2. The number of phenols is 1. The number of aromatic hydroxyl groups is 1. The number of piperidine rings is 1. The predicted octanol–water partition coefficient (Wildman–Crippen LogP) is 3.09. The number of carbonyl (C=O) groups excluding carboxylic acids is 1. The number of likely N-dealkylation sites (tertiary alicyclic amines) is 1. The average molecular weight is 344 g/mol. The van der Waals surface area contributed by atoms with Gasteiger partial charge in [0.1, 0.15) is 5.75 Å². The Labute approximate surface area is 139 Å². The van der Waals surface area contributed by atoms with E-state index in [9.17, 15) is 23.1 Å². The summed E-state index contributed by atoms with van der Waals surface area (Å²) in [6.45, 7) is 3.49. The van der Waals surface area contributed by atoms with Gasteiger partial charge in [-0.05, 0) is 50.9 Å². The minimum Gasteiger partial charge on any atom is -0.508 e. The summed E-state index contributed by atoms with van der Waals surface area (Å²) in [6.07, 6.45) is -3.33. The highest BCUT2D eigenvalue weighted by atomic mass is 19.4. The second-order valence-corrected chi connectivity index (χ2v) is 6.31. The van der Waals surface area contributed by atoms with E-state index < -0.39 is 12.6 Å². The SMILES string of the molecule is Cc1c(O)cccc1C(=O)NCC1CCN(CCC(F)(F)F)CC1. The lowest BCUT2D eigenvalue weighted by molar-refractivity contribution is -0.138. The van der Waals surface area contributed by atoms with Gasteiger partial charge in [-0.2, -0.15) is 13.2 Å². The van der Waals surface area contributed by atoms with Crippen LogP contribution in [-0.4, -0.2) is 48.3 Å². The van der Waals surface area contributed by atoms with Gasteiger partial charge in [-0.3, -0.25) is 4.79 Å². The molecule has 0 unspecified atom stereocenters. The van der Waals surface area contributed by atoms with Crippen LogP contribution in [0.4, 0.5) is 13.2 Å². The van der Waals surface area contributed by atoms with Crippen LogP contribution in [0.3, 0.4) is 0 Å². The van der Waals surface area contributed by atoms with Gasteiger partial charge < -0.3 is 15.3 Å². The molecule has 2 N–H and O–H groups in total. The summed E-state index contributed by atoms with van der Waals surface area (Å²) in [5.41, 5.74) is 0.981. The summed E-state index contributed by atoms with van der Waals surface area (Å²) < 4.78 is 36.7. The first-order chi connectivity index (χ1) is 11.3. The molecule has 0 spiro atoms. The number of amides is 1. The number of nitrogens with one attached hydrogen (secondary N) is 1. The van der Waals surface area contributed by atoms with Crippen LogP contribution in [0.5, 0.6) is 5.75 Å². The number of halogens is 3. The average Bonchev–Trinajstić information content (AvgIpc) is 2.53. The highest BCUT2D eigenvalue weighted by Crippen LogP contribution is 2.23. The van der Waals surface area contributed by atoms with Crippen LogP contribution in [-0.2, 0) is 0 Å². The molecule has 1 aliphatic rings. The first kappa shape index (κ1) is 18.6. The lowest BCUT2D eigenvalue weighted by Crippen LogP contribution is -2.40. The molecule has 1 aliphatic heterocycles. The van der Waals surface area contributed by atoms with Crippen molar-refractivity contribution in [3.05, 3.63) is 29.3 Å². The molecule has 0 aliphatic carbocycles. The van der Waals surface area contributed by atoms with Gasteiger partial charge in [0, 0.05) is 24.2 Å². The predicted molar refractivity (Wildman–Crippen MR) is 85.0 cm³/mol. The van der Waals surface area contributed by atoms with E-state index in [1.54, 1.807) is 19.1 Å². The third kappa shape index (κ3) is 5.40. The van der Waals surface area contributed by atoms with Gasteiger partial charge in [0.2, 0.25) is 0 Å². The van der Waals surface area contributed by atoms with Crippen LogP contribution in [0.15, 0.2) is 18.2 Å². The fraction of sp³-hybridized carbons (Fsp3) is 0.588. The molecular formula is C17H23F3N2O2. The van der Waals surface area contributed by atoms with E-state index in [4.69, 9.17) is 0 Å². The molecule has 24 heavy (non-hydrogen) atoms. The minimum atomic E-state index is -4.11. The number of hydrogen-bond acceptors (Lipinski definition) is 3. The minimum absolute atomic E-state index is 0.0467. The number of hydrogen-bond donors (Lipinski definition) is 2. The molecular weight excluding hydrogens is 321 g/mol. The number of rotatable bonds is 5. The largest absolute Gasteiger partial charge is 0.508 e. The lowest BCUT2D eigenvalue weighted by Gasteiger charge is -2.32. The van der Waals surface area contributed by atoms with E-state index in [0.29, 0.717) is 30.8 Å². The molecule has 1 aromatic rings. The van der Waals surface area contributed by atoms with Crippen LogP contribution < -0.4 is 5.32 Å². The Hall–Kier alpha value is -1.76. The van der Waals surface area contributed by atoms with Crippen molar-refractivity contribution in [1.82, 2.24) is 10.2 Å². The van der Waals surface area contributed by atoms with Crippen molar-refractivity contribution < 1.29 is 23.1 Å². The van der Waals surface area contributed by atoms with Crippen LogP contribution in [0.2, 0.25) is 0 Å². The van der Waals surface area contributed by atoms with Crippen molar-refractivity contribution >= 4 is 5.91 Å². The zero-order valence-corrected chi connectivity index (χ0v) is 13.7. The summed E-state index contributed by atoms with van der Waals surface area (Å²) in [5.74, 6) is 0.122. The molecule has 7 heteroatoms. The third-order valence-corrected chi connectivity index (χ3v) is 4.52. The van der Waals surface area contributed by atoms with E-state index >= 15 is 0 Å². The Morgan fingerprint density at radius 2 is 2.00 bits per heavy atom. The summed E-state index contributed by atoms with van der Waals surface area (Å²) in [6, 6.07) is 4.81. The lowest BCUT2D eigenvalue weighted by atomic mass is 9.96. The monoisotopic (exact) mass is 344 g/mol. The fourth-order valence-electron chi connectivity index (χ4n) is 2.90. The molecule has 4 nitrogen and oxygen atoms in total. The fourth-order valence-corrected chi connectivity index (χ4v) is 2.90. The molecule has 1 fully saturated rings. The summed E-state index contributed by atoms with van der Waals surface area (Å²) in [5, 5.41) is 12.5. The van der Waals surface area contributed by atoms with Crippen LogP contribution in [0, 0.1) is 12.8 Å². The Morgan fingerprint density at radius 1 is 1.33 bits per heavy atom. The van der Waals surface area contributed by atoms with Crippen molar-refractivity contribution in [3.8, 4) is 5.75 Å². The molecule has 1 aromatic carbocycles. The number of alkyl halides is 3. The highest BCUT2D eigenvalue weighted by Gasteiger charge is 2.29. The number of nitrogens with zero attached hydrogens (tertiary/aromatic N) is 1. The highest BCUT2D eigenvalue weighted by molar-refractivity contribution is 5.96. The second kappa shape index (κ2) is 7.88. The van der Waals surface area contributed by atoms with E-state index in [1.807, 2.05) is 4.90 Å². The Kier molecular flexibility index (Phi) is 6.10. The third-order valence-electron chi connectivity index (χ3n) is 4.52. The molecule has 0 saturated carbocycles. The summed E-state index contributed by atoms with van der Waals surface area (Å²) in [4.78, 5) is 14.0. The molecule has 2 rings (SSSR count). The second-order valence-electron chi connectivity index (χ2n) is 6.31. The first-order valence-corrected chi connectivity index (χ1v) is 8.12. The maximum Gasteiger partial charge on any atom is 0.390 e. The topological polar surface area (TPSA) is 52.6 Å². The molecule has 0 atom stereocenters. The zero-order valence-electron chi connectivity index (χ0n) is 13.7. The van der Waals surface area contributed by atoms with Crippen LogP contribution >= 0.6 is 0 Å². The van der Waals surface area contributed by atoms with Crippen LogP contribution in [0.1, 0.15) is 35.2 Å². The molecule has 0 radical (unpaired) electrons. The van der Waals surface area contributed by atoms with Gasteiger partial charge >= 0.3 is 6.18 Å². The summed E-state index contributed by atoms with van der Waals surface area (Å²) >= 11 is 0. The molecule has 1 saturated heterocycles. The Balaban J connectivity index is 1.74. The van der Waals surface area contributed by atoms with Crippen molar-refractivity contribution in [2.75, 3.05) is 26.2 Å². The van der Waals surface area contributed by atoms with Crippen molar-refractivity contribution in [3.63, 3.8) is 0 Å². The van der Waals surface area contributed by atoms with E-state index in [0.717, 1.165) is 12.8 Å². The van der Waals surface area contributed by atoms with Gasteiger partial charge in [-0.1, -0.05) is 6.07 Å². The first-order valence-electron chi connectivity index (χ1n) is 8.12. The number of benzene rings is 1. The van der Waals surface area contributed by atoms with E-state index in [-0.39, 0.29) is 24.1 Å². The van der Waals surface area contributed by atoms with Gasteiger partial charge in [0.15, 0.2) is 0 Å². The van der Waals surface area contributed by atoms with E-state index in [1.165, 1.54) is 6.07 Å². The van der Waals surface area contributed by atoms with Crippen molar-refractivity contribution in [2.45, 2.75) is 32.4 Å². The number of phenolic OH excluding ortho intramolecular Hbond substituents is 1. The molecule has 0 bridgehead atoms. The normalized spacial score (nSPS) is 17.0. The van der Waals surface area contributed by atoms with Crippen LogP contribution in [0.25, 0.3) is 0 Å². The van der Waals surface area contributed by atoms with Crippen molar-refractivity contribution in [1.29, 1.82) is 0 Å². The zero-order chi connectivity index (χ0) is 17.7.